The maximum atomic E-state index is 12.3. The van der Waals surface area contributed by atoms with E-state index >= 15 is 0 Å². The van der Waals surface area contributed by atoms with Crippen LogP contribution in [0, 0.1) is 5.92 Å². The van der Waals surface area contributed by atoms with Crippen molar-refractivity contribution in [2.45, 2.75) is 38.1 Å². The lowest BCUT2D eigenvalue weighted by Crippen LogP contribution is -2.50. The highest BCUT2D eigenvalue weighted by Gasteiger charge is 2.35. The van der Waals surface area contributed by atoms with Crippen LogP contribution in [0.2, 0.25) is 0 Å². The van der Waals surface area contributed by atoms with Crippen molar-refractivity contribution in [3.05, 3.63) is 0 Å². The van der Waals surface area contributed by atoms with Crippen LogP contribution in [-0.4, -0.2) is 46.0 Å². The predicted molar refractivity (Wildman–Crippen MR) is 67.0 cm³/mol. The number of aliphatic carboxylic acids is 1. The Hall–Kier alpha value is -0.710. The van der Waals surface area contributed by atoms with Gasteiger partial charge in [0.25, 0.3) is 0 Å². The molecule has 2 saturated heterocycles. The van der Waals surface area contributed by atoms with E-state index in [2.05, 4.69) is 0 Å². The quantitative estimate of drug-likeness (QED) is 0.816. The molecule has 0 spiro atoms. The van der Waals surface area contributed by atoms with Crippen molar-refractivity contribution in [1.82, 2.24) is 4.90 Å². The number of amides is 1. The first kappa shape index (κ1) is 12.7. The van der Waals surface area contributed by atoms with Crippen LogP contribution < -0.4 is 0 Å². The summed E-state index contributed by atoms with van der Waals surface area (Å²) in [6.07, 6.45) is 4.29. The molecule has 0 aromatic carbocycles. The summed E-state index contributed by atoms with van der Waals surface area (Å²) in [7, 11) is 0. The van der Waals surface area contributed by atoms with E-state index in [1.807, 2.05) is 11.8 Å². The fraction of sp³-hybridized carbons (Fsp3) is 0.833. The summed E-state index contributed by atoms with van der Waals surface area (Å²) < 4.78 is 0. The molecule has 2 aliphatic heterocycles. The SMILES string of the molecule is O=C(O)[C@H]1CCCCN1C(=O)C1CCSCC1. The number of carbonyl (C=O) groups excluding carboxylic acids is 1. The van der Waals surface area contributed by atoms with Gasteiger partial charge in [-0.2, -0.15) is 11.8 Å². The monoisotopic (exact) mass is 257 g/mol. The average Bonchev–Trinajstić information content (AvgIpc) is 2.39. The van der Waals surface area contributed by atoms with E-state index in [-0.39, 0.29) is 11.8 Å². The van der Waals surface area contributed by atoms with Crippen molar-refractivity contribution in [1.29, 1.82) is 0 Å². The number of rotatable bonds is 2. The number of carboxylic acid groups (broad SMARTS) is 1. The van der Waals surface area contributed by atoms with E-state index in [9.17, 15) is 9.59 Å². The zero-order chi connectivity index (χ0) is 12.3. The lowest BCUT2D eigenvalue weighted by molar-refractivity contribution is -0.154. The Labute approximate surface area is 106 Å². The van der Waals surface area contributed by atoms with Crippen molar-refractivity contribution in [2.75, 3.05) is 18.1 Å². The molecule has 4 nitrogen and oxygen atoms in total. The third-order valence-corrected chi connectivity index (χ3v) is 4.69. The van der Waals surface area contributed by atoms with Gasteiger partial charge in [0.15, 0.2) is 0 Å². The fourth-order valence-electron chi connectivity index (χ4n) is 2.63. The molecule has 2 aliphatic rings. The van der Waals surface area contributed by atoms with E-state index < -0.39 is 12.0 Å². The molecule has 0 aromatic heterocycles. The van der Waals surface area contributed by atoms with Crippen LogP contribution in [0.4, 0.5) is 0 Å². The second-order valence-electron chi connectivity index (χ2n) is 4.77. The van der Waals surface area contributed by atoms with Crippen LogP contribution >= 0.6 is 11.8 Å². The molecule has 2 rings (SSSR count). The molecule has 5 heteroatoms. The van der Waals surface area contributed by atoms with E-state index in [1.54, 1.807) is 4.90 Å². The number of nitrogens with zero attached hydrogens (tertiary/aromatic N) is 1. The van der Waals surface area contributed by atoms with E-state index in [4.69, 9.17) is 5.11 Å². The molecule has 0 bridgehead atoms. The Bertz CT molecular complexity index is 302. The van der Waals surface area contributed by atoms with Gasteiger partial charge in [-0.3, -0.25) is 4.79 Å². The number of thioether (sulfide) groups is 1. The molecule has 2 fully saturated rings. The molecule has 2 heterocycles. The number of carbonyl (C=O) groups is 2. The van der Waals surface area contributed by atoms with Crippen LogP contribution in [0.1, 0.15) is 32.1 Å². The third kappa shape index (κ3) is 2.94. The van der Waals surface area contributed by atoms with Gasteiger partial charge in [-0.05, 0) is 43.6 Å². The van der Waals surface area contributed by atoms with Crippen LogP contribution in [-0.2, 0) is 9.59 Å². The molecule has 1 amide bonds. The lowest BCUT2D eigenvalue weighted by atomic mass is 9.96. The second-order valence-corrected chi connectivity index (χ2v) is 5.99. The Morgan fingerprint density at radius 3 is 2.47 bits per heavy atom. The standard InChI is InChI=1S/C12H19NO3S/c14-11(9-4-7-17-8-5-9)13-6-2-1-3-10(13)12(15)16/h9-10H,1-8H2,(H,15,16)/t10-/m1/s1. The average molecular weight is 257 g/mol. The van der Waals surface area contributed by atoms with Gasteiger partial charge in [0.1, 0.15) is 6.04 Å². The third-order valence-electron chi connectivity index (χ3n) is 3.64. The van der Waals surface area contributed by atoms with Crippen LogP contribution in [0.15, 0.2) is 0 Å². The number of carboxylic acids is 1. The largest absolute Gasteiger partial charge is 0.480 e. The molecular weight excluding hydrogens is 238 g/mol. The zero-order valence-electron chi connectivity index (χ0n) is 9.93. The van der Waals surface area contributed by atoms with Crippen LogP contribution in [0.3, 0.4) is 0 Å². The fourth-order valence-corrected chi connectivity index (χ4v) is 3.74. The summed E-state index contributed by atoms with van der Waals surface area (Å²) in [5, 5.41) is 9.16. The van der Waals surface area contributed by atoms with Crippen molar-refractivity contribution in [3.63, 3.8) is 0 Å². The van der Waals surface area contributed by atoms with Crippen molar-refractivity contribution in [3.8, 4) is 0 Å². The molecule has 1 atom stereocenters. The van der Waals surface area contributed by atoms with Gasteiger partial charge < -0.3 is 10.0 Å². The molecule has 96 valence electrons. The molecular formula is C12H19NO3S. The van der Waals surface area contributed by atoms with Gasteiger partial charge in [-0.15, -0.1) is 0 Å². The first-order valence-corrected chi connectivity index (χ1v) is 7.46. The summed E-state index contributed by atoms with van der Waals surface area (Å²) in [6, 6.07) is -0.578. The highest BCUT2D eigenvalue weighted by atomic mass is 32.2. The Morgan fingerprint density at radius 1 is 1.12 bits per heavy atom. The highest BCUT2D eigenvalue weighted by molar-refractivity contribution is 7.99. The number of piperidine rings is 1. The van der Waals surface area contributed by atoms with Crippen molar-refractivity contribution in [2.24, 2.45) is 5.92 Å². The van der Waals surface area contributed by atoms with E-state index in [0.29, 0.717) is 13.0 Å². The van der Waals surface area contributed by atoms with Gasteiger partial charge in [-0.1, -0.05) is 0 Å². The summed E-state index contributed by atoms with van der Waals surface area (Å²) in [5.41, 5.74) is 0. The molecule has 0 unspecified atom stereocenters. The van der Waals surface area contributed by atoms with Crippen LogP contribution in [0.25, 0.3) is 0 Å². The number of likely N-dealkylation sites (tertiary alicyclic amines) is 1. The molecule has 1 N–H and O–H groups in total. The summed E-state index contributed by atoms with van der Waals surface area (Å²) in [6.45, 7) is 0.624. The zero-order valence-corrected chi connectivity index (χ0v) is 10.7. The topological polar surface area (TPSA) is 57.6 Å². The summed E-state index contributed by atoms with van der Waals surface area (Å²) in [4.78, 5) is 25.1. The number of hydrogen-bond acceptors (Lipinski definition) is 3. The molecule has 17 heavy (non-hydrogen) atoms. The maximum Gasteiger partial charge on any atom is 0.326 e. The Morgan fingerprint density at radius 2 is 1.82 bits per heavy atom. The van der Waals surface area contributed by atoms with Gasteiger partial charge in [0.05, 0.1) is 0 Å². The summed E-state index contributed by atoms with van der Waals surface area (Å²) >= 11 is 1.88. The van der Waals surface area contributed by atoms with Gasteiger partial charge in [0.2, 0.25) is 5.91 Å². The first-order chi connectivity index (χ1) is 8.20. The minimum Gasteiger partial charge on any atom is -0.480 e. The lowest BCUT2D eigenvalue weighted by Gasteiger charge is -2.36. The second kappa shape index (κ2) is 5.76. The van der Waals surface area contributed by atoms with Gasteiger partial charge in [0, 0.05) is 12.5 Å². The van der Waals surface area contributed by atoms with Gasteiger partial charge >= 0.3 is 5.97 Å². The van der Waals surface area contributed by atoms with Crippen molar-refractivity contribution >= 4 is 23.6 Å². The minimum atomic E-state index is -0.844. The Kier molecular flexibility index (Phi) is 4.31. The summed E-state index contributed by atoms with van der Waals surface area (Å²) in [5.74, 6) is 1.36. The van der Waals surface area contributed by atoms with Crippen molar-refractivity contribution < 1.29 is 14.7 Å². The maximum absolute atomic E-state index is 12.3. The molecule has 0 aliphatic carbocycles. The minimum absolute atomic E-state index is 0.0659. The normalized spacial score (nSPS) is 26.8. The Balaban J connectivity index is 2.02. The first-order valence-electron chi connectivity index (χ1n) is 6.31. The molecule has 0 aromatic rings. The molecule has 0 saturated carbocycles. The van der Waals surface area contributed by atoms with Crippen LogP contribution in [0.5, 0.6) is 0 Å². The smallest absolute Gasteiger partial charge is 0.326 e. The highest BCUT2D eigenvalue weighted by Crippen LogP contribution is 2.27. The van der Waals surface area contributed by atoms with E-state index in [1.165, 1.54) is 0 Å². The molecule has 0 radical (unpaired) electrons. The number of hydrogen-bond donors (Lipinski definition) is 1. The van der Waals surface area contributed by atoms with E-state index in [0.717, 1.165) is 37.2 Å². The predicted octanol–water partition coefficient (Wildman–Crippen LogP) is 1.60. The van der Waals surface area contributed by atoms with Gasteiger partial charge in [-0.25, -0.2) is 4.79 Å².